The molecule has 2 aromatic carbocycles. The van der Waals surface area contributed by atoms with Gasteiger partial charge in [-0.2, -0.15) is 0 Å². The third-order valence-electron chi connectivity index (χ3n) is 8.45. The van der Waals surface area contributed by atoms with Crippen molar-refractivity contribution in [3.8, 4) is 0 Å². The molecule has 0 spiro atoms. The van der Waals surface area contributed by atoms with Crippen molar-refractivity contribution in [3.63, 3.8) is 0 Å². The number of fused-ring (bicyclic) bond motifs is 3. The first kappa shape index (κ1) is 25.3. The average molecular weight is 504 g/mol. The number of rotatable bonds is 4. The van der Waals surface area contributed by atoms with E-state index in [2.05, 4.69) is 61.7 Å². The van der Waals surface area contributed by atoms with E-state index in [9.17, 15) is 9.59 Å². The van der Waals surface area contributed by atoms with E-state index in [1.54, 1.807) is 4.90 Å². The molecular formula is C30H37N3O4. The maximum absolute atomic E-state index is 12.7. The molecule has 1 aliphatic carbocycles. The number of hydrogen-bond donors (Lipinski definition) is 0. The van der Waals surface area contributed by atoms with Gasteiger partial charge in [0, 0.05) is 24.1 Å². The summed E-state index contributed by atoms with van der Waals surface area (Å²) in [6.07, 6.45) is 4.65. The minimum absolute atomic E-state index is 0.0673. The number of ether oxygens (including phenoxy) is 2. The first-order valence-electron chi connectivity index (χ1n) is 13.3. The smallest absolute Gasteiger partial charge is 0.414 e. The fourth-order valence-corrected chi connectivity index (χ4v) is 6.53. The number of carbonyl (C=O) groups is 2. The number of amides is 1. The van der Waals surface area contributed by atoms with Gasteiger partial charge in [-0.3, -0.25) is 9.69 Å². The van der Waals surface area contributed by atoms with Gasteiger partial charge in [-0.25, -0.2) is 9.78 Å². The highest BCUT2D eigenvalue weighted by Gasteiger charge is 2.43. The quantitative estimate of drug-likeness (QED) is 0.404. The van der Waals surface area contributed by atoms with Crippen LogP contribution in [-0.2, 0) is 27.1 Å². The Bertz CT molecular complexity index is 1310. The molecule has 5 rings (SSSR count). The molecule has 1 fully saturated rings. The number of imidazole rings is 1. The number of hydrogen-bond acceptors (Lipinski definition) is 5. The molecule has 196 valence electrons. The summed E-state index contributed by atoms with van der Waals surface area (Å²) in [6.45, 7) is 6.41. The second-order valence-corrected chi connectivity index (χ2v) is 11.2. The molecule has 37 heavy (non-hydrogen) atoms. The second-order valence-electron chi connectivity index (χ2n) is 11.2. The van der Waals surface area contributed by atoms with Crippen LogP contribution < -0.4 is 4.90 Å². The molecule has 3 atom stereocenters. The number of methoxy groups -OCH3 is 2. The third kappa shape index (κ3) is 4.49. The zero-order chi connectivity index (χ0) is 26.3. The number of esters is 1. The summed E-state index contributed by atoms with van der Waals surface area (Å²) in [4.78, 5) is 32.2. The highest BCUT2D eigenvalue weighted by atomic mass is 16.5. The van der Waals surface area contributed by atoms with Crippen LogP contribution in [0.25, 0.3) is 11.0 Å². The molecule has 1 amide bonds. The monoisotopic (exact) mass is 503 g/mol. The Labute approximate surface area is 218 Å². The van der Waals surface area contributed by atoms with Crippen LogP contribution >= 0.6 is 0 Å². The van der Waals surface area contributed by atoms with Crippen LogP contribution in [0.5, 0.6) is 0 Å². The highest BCUT2D eigenvalue weighted by Crippen LogP contribution is 2.48. The van der Waals surface area contributed by atoms with E-state index < -0.39 is 0 Å². The molecular weight excluding hydrogens is 466 g/mol. The summed E-state index contributed by atoms with van der Waals surface area (Å²) in [5, 5.41) is 0. The second kappa shape index (κ2) is 9.84. The van der Waals surface area contributed by atoms with Crippen molar-refractivity contribution in [3.05, 3.63) is 59.4 Å². The van der Waals surface area contributed by atoms with Crippen LogP contribution in [0.1, 0.15) is 69.4 Å². The van der Waals surface area contributed by atoms with Gasteiger partial charge in [0.2, 0.25) is 0 Å². The lowest BCUT2D eigenvalue weighted by atomic mass is 9.67. The van der Waals surface area contributed by atoms with Gasteiger partial charge in [0.05, 0.1) is 36.9 Å². The molecule has 0 N–H and O–H groups in total. The molecule has 7 heteroatoms. The SMILES string of the molecule is COC(=O)[C@H]1CC[C@H](n2c(Cc3ccccc3)nc3c4c(ccc32)N(C(=O)OC)[C@@H](C)CC4)CC1(C)C. The van der Waals surface area contributed by atoms with Crippen molar-refractivity contribution in [2.75, 3.05) is 19.1 Å². The normalized spacial score (nSPS) is 22.9. The lowest BCUT2D eigenvalue weighted by Crippen LogP contribution is -2.42. The predicted molar refractivity (Wildman–Crippen MR) is 144 cm³/mol. The van der Waals surface area contributed by atoms with Crippen molar-refractivity contribution in [1.82, 2.24) is 9.55 Å². The van der Waals surface area contributed by atoms with Gasteiger partial charge < -0.3 is 14.0 Å². The van der Waals surface area contributed by atoms with Gasteiger partial charge in [0.1, 0.15) is 5.82 Å². The van der Waals surface area contributed by atoms with Crippen LogP contribution in [0.3, 0.4) is 0 Å². The number of aromatic nitrogens is 2. The lowest BCUT2D eigenvalue weighted by Gasteiger charge is -2.41. The summed E-state index contributed by atoms with van der Waals surface area (Å²) >= 11 is 0. The Morgan fingerprint density at radius 1 is 1.03 bits per heavy atom. The zero-order valence-electron chi connectivity index (χ0n) is 22.5. The van der Waals surface area contributed by atoms with E-state index in [1.165, 1.54) is 19.8 Å². The number of anilines is 1. The molecule has 1 saturated carbocycles. The summed E-state index contributed by atoms with van der Waals surface area (Å²) in [5.74, 6) is 0.800. The van der Waals surface area contributed by atoms with Crippen LogP contribution in [0.15, 0.2) is 42.5 Å². The molecule has 7 nitrogen and oxygen atoms in total. The molecule has 1 aliphatic heterocycles. The molecule has 1 aromatic heterocycles. The van der Waals surface area contributed by atoms with Crippen LogP contribution in [0.4, 0.5) is 10.5 Å². The van der Waals surface area contributed by atoms with Crippen molar-refractivity contribution in [2.24, 2.45) is 11.3 Å². The van der Waals surface area contributed by atoms with E-state index >= 15 is 0 Å². The minimum Gasteiger partial charge on any atom is -0.469 e. The summed E-state index contributed by atoms with van der Waals surface area (Å²) in [7, 11) is 2.91. The molecule has 2 heterocycles. The Morgan fingerprint density at radius 3 is 2.46 bits per heavy atom. The Balaban J connectivity index is 1.63. The maximum Gasteiger partial charge on any atom is 0.414 e. The predicted octanol–water partition coefficient (Wildman–Crippen LogP) is 6.08. The van der Waals surface area contributed by atoms with Gasteiger partial charge in [-0.1, -0.05) is 44.2 Å². The van der Waals surface area contributed by atoms with E-state index in [0.29, 0.717) is 0 Å². The first-order valence-corrected chi connectivity index (χ1v) is 13.3. The number of nitrogens with zero attached hydrogens (tertiary/aromatic N) is 3. The molecule has 2 aliphatic rings. The number of carbonyl (C=O) groups excluding carboxylic acids is 2. The maximum atomic E-state index is 12.7. The van der Waals surface area contributed by atoms with E-state index in [0.717, 1.165) is 66.6 Å². The Kier molecular flexibility index (Phi) is 6.73. The Morgan fingerprint density at radius 2 is 1.78 bits per heavy atom. The fraction of sp³-hybridized carbons (Fsp3) is 0.500. The van der Waals surface area contributed by atoms with Gasteiger partial charge in [0.25, 0.3) is 0 Å². The van der Waals surface area contributed by atoms with Crippen molar-refractivity contribution in [1.29, 1.82) is 0 Å². The van der Waals surface area contributed by atoms with Crippen molar-refractivity contribution >= 4 is 28.8 Å². The lowest BCUT2D eigenvalue weighted by molar-refractivity contribution is -0.152. The highest BCUT2D eigenvalue weighted by molar-refractivity contribution is 5.95. The molecule has 3 aromatic rings. The number of aryl methyl sites for hydroxylation is 1. The number of benzene rings is 2. The van der Waals surface area contributed by atoms with Gasteiger partial charge >= 0.3 is 12.1 Å². The third-order valence-corrected chi connectivity index (χ3v) is 8.45. The zero-order valence-corrected chi connectivity index (χ0v) is 22.5. The summed E-state index contributed by atoms with van der Waals surface area (Å²) in [6, 6.07) is 14.9. The Hall–Kier alpha value is -3.35. The van der Waals surface area contributed by atoms with Gasteiger partial charge in [-0.15, -0.1) is 0 Å². The van der Waals surface area contributed by atoms with Gasteiger partial charge in [-0.05, 0) is 62.1 Å². The average Bonchev–Trinajstić information content (AvgIpc) is 3.25. The molecule has 0 bridgehead atoms. The van der Waals surface area contributed by atoms with Gasteiger partial charge in [0.15, 0.2) is 0 Å². The topological polar surface area (TPSA) is 73.7 Å². The summed E-state index contributed by atoms with van der Waals surface area (Å²) in [5.41, 5.74) is 5.08. The largest absolute Gasteiger partial charge is 0.469 e. The molecule has 0 unspecified atom stereocenters. The van der Waals surface area contributed by atoms with E-state index in [-0.39, 0.29) is 35.5 Å². The summed E-state index contributed by atoms with van der Waals surface area (Å²) < 4.78 is 12.7. The minimum atomic E-state index is -0.334. The van der Waals surface area contributed by atoms with Crippen LogP contribution in [0, 0.1) is 11.3 Å². The molecule has 0 radical (unpaired) electrons. The fourth-order valence-electron chi connectivity index (χ4n) is 6.53. The van der Waals surface area contributed by atoms with Crippen molar-refractivity contribution < 1.29 is 19.1 Å². The van der Waals surface area contributed by atoms with E-state index in [4.69, 9.17) is 14.5 Å². The first-order chi connectivity index (χ1) is 17.7. The van der Waals surface area contributed by atoms with Crippen LogP contribution in [-0.4, -0.2) is 41.9 Å². The van der Waals surface area contributed by atoms with Crippen LogP contribution in [0.2, 0.25) is 0 Å². The van der Waals surface area contributed by atoms with Crippen molar-refractivity contribution in [2.45, 2.75) is 71.4 Å². The van der Waals surface area contributed by atoms with E-state index in [1.807, 2.05) is 6.07 Å². The molecule has 0 saturated heterocycles. The standard InChI is InChI=1S/C30H37N3O4/c1-19-11-13-22-24(32(19)29(35)37-5)15-16-25-27(22)31-26(17-20-9-7-6-8-10-20)33(25)21-12-14-23(28(34)36-4)30(2,3)18-21/h6-10,15-16,19,21,23H,11-14,17-18H2,1-5H3/t19-,21-,23+/m0/s1.